The molecule has 0 aromatic carbocycles. The summed E-state index contributed by atoms with van der Waals surface area (Å²) in [6.07, 6.45) is 42.0. The highest BCUT2D eigenvalue weighted by atomic mass is 16.5. The lowest BCUT2D eigenvalue weighted by Gasteiger charge is -2.10. The van der Waals surface area contributed by atoms with Crippen LogP contribution in [0.25, 0.3) is 0 Å². The second-order valence-corrected chi connectivity index (χ2v) is 9.17. The number of carbonyl (C=O) groups is 2. The molecule has 0 aliphatic carbocycles. The van der Waals surface area contributed by atoms with Crippen LogP contribution in [0.5, 0.6) is 0 Å². The van der Waals surface area contributed by atoms with E-state index in [1.807, 2.05) is 24.3 Å². The van der Waals surface area contributed by atoms with Crippen LogP contribution >= 0.6 is 0 Å². The Hall–Kier alpha value is -2.88. The highest BCUT2D eigenvalue weighted by molar-refractivity contribution is 5.69. The summed E-state index contributed by atoms with van der Waals surface area (Å²) in [6.45, 7) is 4.25. The Morgan fingerprint density at radius 3 is 1.66 bits per heavy atom. The number of carboxylic acids is 1. The van der Waals surface area contributed by atoms with Gasteiger partial charge in [-0.25, -0.2) is 0 Å². The summed E-state index contributed by atoms with van der Waals surface area (Å²) in [7, 11) is 0. The normalized spacial score (nSPS) is 13.5. The molecule has 0 aromatic rings. The molecule has 38 heavy (non-hydrogen) atoms. The Balaban J connectivity index is 4.20. The lowest BCUT2D eigenvalue weighted by molar-refractivity contribution is -0.145. The van der Waals surface area contributed by atoms with Gasteiger partial charge in [0.25, 0.3) is 0 Å². The lowest BCUT2D eigenvalue weighted by atomic mass is 10.1. The summed E-state index contributed by atoms with van der Waals surface area (Å²) in [6, 6.07) is 0. The van der Waals surface area contributed by atoms with E-state index in [0.717, 1.165) is 77.0 Å². The smallest absolute Gasteiger partial charge is 0.306 e. The van der Waals surface area contributed by atoms with Crippen LogP contribution in [0.3, 0.4) is 0 Å². The number of allylic oxidation sites excluding steroid dienone is 12. The summed E-state index contributed by atoms with van der Waals surface area (Å²) in [5.41, 5.74) is 0. The first kappa shape index (κ1) is 35.1. The molecule has 0 aliphatic rings. The maximum Gasteiger partial charge on any atom is 0.306 e. The Bertz CT molecular complexity index is 780. The Kier molecular flexibility index (Phi) is 26.5. The summed E-state index contributed by atoms with van der Waals surface area (Å²) < 4.78 is 5.68. The highest BCUT2D eigenvalue weighted by Gasteiger charge is 2.08. The van der Waals surface area contributed by atoms with Gasteiger partial charge in [0.15, 0.2) is 0 Å². The number of rotatable bonds is 24. The standard InChI is InChI=1S/C34H52O4/c1-3-5-7-9-10-11-12-13-14-15-16-17-18-23-27-31-34(37)38-32(28-24-20-8-6-4-2)29-25-21-19-22-26-30-33(35)36/h5-8,10-11,13-14,16-17,24-25,28-29,32H,3-4,9,12,15,18-23,26-27,30-31H2,1-2H3,(H,35,36)/b7-5-,8-6-,11-10-,14-13-,17-16-,28-24-,29-25-. The van der Waals surface area contributed by atoms with E-state index >= 15 is 0 Å². The molecular formula is C34H52O4. The van der Waals surface area contributed by atoms with E-state index in [2.05, 4.69) is 74.6 Å². The first-order valence-corrected chi connectivity index (χ1v) is 14.6. The topological polar surface area (TPSA) is 63.6 Å². The molecule has 0 rings (SSSR count). The fraction of sp³-hybridized carbons (Fsp3) is 0.529. The zero-order chi connectivity index (χ0) is 27.9. The second kappa shape index (κ2) is 28.7. The van der Waals surface area contributed by atoms with Crippen LogP contribution in [0.1, 0.15) is 110 Å². The third-order valence-electron chi connectivity index (χ3n) is 5.58. The largest absolute Gasteiger partial charge is 0.481 e. The van der Waals surface area contributed by atoms with Crippen molar-refractivity contribution in [3.05, 3.63) is 85.1 Å². The van der Waals surface area contributed by atoms with Gasteiger partial charge in [-0.15, -0.1) is 0 Å². The van der Waals surface area contributed by atoms with Crippen molar-refractivity contribution in [1.82, 2.24) is 0 Å². The van der Waals surface area contributed by atoms with Gasteiger partial charge >= 0.3 is 11.9 Å². The molecule has 0 amide bonds. The van der Waals surface area contributed by atoms with Crippen molar-refractivity contribution < 1.29 is 19.4 Å². The molecule has 0 fully saturated rings. The van der Waals surface area contributed by atoms with Gasteiger partial charge in [0, 0.05) is 12.8 Å². The van der Waals surface area contributed by atoms with Gasteiger partial charge in [-0.05, 0) is 89.2 Å². The van der Waals surface area contributed by atoms with E-state index in [-0.39, 0.29) is 18.5 Å². The molecule has 4 heteroatoms. The number of carboxylic acid groups (broad SMARTS) is 1. The summed E-state index contributed by atoms with van der Waals surface area (Å²) in [5.74, 6) is -0.909. The van der Waals surface area contributed by atoms with Gasteiger partial charge in [0.05, 0.1) is 0 Å². The molecule has 0 saturated heterocycles. The predicted molar refractivity (Wildman–Crippen MR) is 162 cm³/mol. The van der Waals surface area contributed by atoms with Crippen molar-refractivity contribution >= 4 is 11.9 Å². The molecule has 1 unspecified atom stereocenters. The van der Waals surface area contributed by atoms with Gasteiger partial charge in [-0.3, -0.25) is 9.59 Å². The molecule has 1 atom stereocenters. The van der Waals surface area contributed by atoms with Crippen molar-refractivity contribution in [3.8, 4) is 0 Å². The molecule has 0 aliphatic heterocycles. The zero-order valence-corrected chi connectivity index (χ0v) is 23.9. The summed E-state index contributed by atoms with van der Waals surface area (Å²) in [5, 5.41) is 8.71. The zero-order valence-electron chi connectivity index (χ0n) is 23.9. The minimum Gasteiger partial charge on any atom is -0.481 e. The van der Waals surface area contributed by atoms with Crippen LogP contribution in [0, 0.1) is 0 Å². The Labute approximate surface area is 232 Å². The molecule has 0 radical (unpaired) electrons. The van der Waals surface area contributed by atoms with Gasteiger partial charge in [0.2, 0.25) is 0 Å². The van der Waals surface area contributed by atoms with Gasteiger partial charge in [-0.1, -0.05) is 93.2 Å². The monoisotopic (exact) mass is 524 g/mol. The third-order valence-corrected chi connectivity index (χ3v) is 5.58. The SMILES string of the molecule is CC/C=C\C/C=C\C/C=C\C/C=C\CCCCC(=O)OC(/C=C\C/C=C\CC)/C=C\CCCCCC(=O)O. The number of aliphatic carboxylic acids is 1. The Morgan fingerprint density at radius 1 is 0.579 bits per heavy atom. The van der Waals surface area contributed by atoms with E-state index < -0.39 is 5.97 Å². The number of hydrogen-bond donors (Lipinski definition) is 1. The maximum absolute atomic E-state index is 12.4. The summed E-state index contributed by atoms with van der Waals surface area (Å²) >= 11 is 0. The Morgan fingerprint density at radius 2 is 1.05 bits per heavy atom. The fourth-order valence-corrected chi connectivity index (χ4v) is 3.48. The van der Waals surface area contributed by atoms with Crippen LogP contribution in [0.2, 0.25) is 0 Å². The number of esters is 1. The molecule has 0 spiro atoms. The lowest BCUT2D eigenvalue weighted by Crippen LogP contribution is -2.13. The predicted octanol–water partition coefficient (Wildman–Crippen LogP) is 9.77. The summed E-state index contributed by atoms with van der Waals surface area (Å²) in [4.78, 5) is 23.0. The second-order valence-electron chi connectivity index (χ2n) is 9.17. The minimum atomic E-state index is -0.742. The quantitative estimate of drug-likeness (QED) is 0.0775. The highest BCUT2D eigenvalue weighted by Crippen LogP contribution is 2.09. The third kappa shape index (κ3) is 27.7. The van der Waals surface area contributed by atoms with Crippen LogP contribution in [-0.4, -0.2) is 23.1 Å². The molecule has 0 heterocycles. The van der Waals surface area contributed by atoms with Crippen molar-refractivity contribution in [3.63, 3.8) is 0 Å². The average molecular weight is 525 g/mol. The first-order valence-electron chi connectivity index (χ1n) is 14.6. The first-order chi connectivity index (χ1) is 18.6. The average Bonchev–Trinajstić information content (AvgIpc) is 2.89. The van der Waals surface area contributed by atoms with Gasteiger partial charge in [0.1, 0.15) is 6.10 Å². The maximum atomic E-state index is 12.4. The van der Waals surface area contributed by atoms with Gasteiger partial charge < -0.3 is 9.84 Å². The van der Waals surface area contributed by atoms with Crippen LogP contribution in [0.15, 0.2) is 85.1 Å². The molecule has 0 aromatic heterocycles. The molecule has 1 N–H and O–H groups in total. The van der Waals surface area contributed by atoms with Crippen molar-refractivity contribution in [1.29, 1.82) is 0 Å². The molecule has 4 nitrogen and oxygen atoms in total. The van der Waals surface area contributed by atoms with Crippen molar-refractivity contribution in [2.24, 2.45) is 0 Å². The van der Waals surface area contributed by atoms with Crippen LogP contribution in [-0.2, 0) is 14.3 Å². The van der Waals surface area contributed by atoms with E-state index in [1.54, 1.807) is 0 Å². The number of hydrogen-bond acceptors (Lipinski definition) is 3. The fourth-order valence-electron chi connectivity index (χ4n) is 3.48. The molecule has 0 saturated carbocycles. The van der Waals surface area contributed by atoms with Crippen LogP contribution < -0.4 is 0 Å². The van der Waals surface area contributed by atoms with E-state index in [0.29, 0.717) is 12.8 Å². The molecular weight excluding hydrogens is 472 g/mol. The van der Waals surface area contributed by atoms with E-state index in [1.165, 1.54) is 0 Å². The van der Waals surface area contributed by atoms with E-state index in [9.17, 15) is 9.59 Å². The van der Waals surface area contributed by atoms with Crippen molar-refractivity contribution in [2.45, 2.75) is 116 Å². The van der Waals surface area contributed by atoms with Gasteiger partial charge in [-0.2, -0.15) is 0 Å². The van der Waals surface area contributed by atoms with E-state index in [4.69, 9.17) is 9.84 Å². The van der Waals surface area contributed by atoms with Crippen molar-refractivity contribution in [2.75, 3.05) is 0 Å². The number of carbonyl (C=O) groups excluding carboxylic acids is 1. The number of ether oxygens (including phenoxy) is 1. The van der Waals surface area contributed by atoms with Crippen LogP contribution in [0.4, 0.5) is 0 Å². The molecule has 0 bridgehead atoms. The minimum absolute atomic E-state index is 0.167. The molecule has 212 valence electrons. The number of unbranched alkanes of at least 4 members (excludes halogenated alkanes) is 5.